The number of unbranched alkanes of at least 4 members (excludes halogenated alkanes) is 46. The molecule has 0 aliphatic carbocycles. The van der Waals surface area contributed by atoms with Gasteiger partial charge < -0.3 is 33.8 Å². The molecule has 0 bridgehead atoms. The first kappa shape index (κ1) is 95.1. The van der Waals surface area contributed by atoms with Crippen LogP contribution in [0.15, 0.2) is 0 Å². The van der Waals surface area contributed by atoms with E-state index in [0.29, 0.717) is 25.7 Å². The number of carbonyl (C=O) groups excluding carboxylic acids is 4. The molecule has 0 aromatic rings. The third-order valence-corrected chi connectivity index (χ3v) is 20.5. The van der Waals surface area contributed by atoms with Crippen LogP contribution in [0.3, 0.4) is 0 Å². The molecular weight excluding hydrogens is 1270 g/mol. The number of ether oxygens (including phenoxy) is 4. The van der Waals surface area contributed by atoms with Crippen molar-refractivity contribution in [3.8, 4) is 0 Å². The number of carbonyl (C=O) groups is 4. The fraction of sp³-hybridized carbons (Fsp3) is 0.949. The molecule has 0 saturated carbocycles. The van der Waals surface area contributed by atoms with Gasteiger partial charge in [-0.1, -0.05) is 356 Å². The van der Waals surface area contributed by atoms with Crippen molar-refractivity contribution in [2.75, 3.05) is 39.6 Å². The van der Waals surface area contributed by atoms with E-state index in [2.05, 4.69) is 41.5 Å². The molecular formula is C78H152O17P2. The fourth-order valence-corrected chi connectivity index (χ4v) is 13.6. The summed E-state index contributed by atoms with van der Waals surface area (Å²) in [6.45, 7) is 9.64. The minimum atomic E-state index is -4.96. The van der Waals surface area contributed by atoms with E-state index in [1.807, 2.05) is 0 Å². The zero-order valence-corrected chi connectivity index (χ0v) is 65.2. The second-order valence-electron chi connectivity index (χ2n) is 28.8. The van der Waals surface area contributed by atoms with Crippen LogP contribution in [-0.2, 0) is 65.4 Å². The van der Waals surface area contributed by atoms with Gasteiger partial charge in [0.1, 0.15) is 19.3 Å². The van der Waals surface area contributed by atoms with Gasteiger partial charge in [0.15, 0.2) is 12.2 Å². The summed E-state index contributed by atoms with van der Waals surface area (Å²) < 4.78 is 68.7. The summed E-state index contributed by atoms with van der Waals surface area (Å²) in [5, 5.41) is 10.6. The van der Waals surface area contributed by atoms with Crippen molar-refractivity contribution < 1.29 is 80.2 Å². The molecule has 3 unspecified atom stereocenters. The minimum Gasteiger partial charge on any atom is -0.462 e. The highest BCUT2D eigenvalue weighted by atomic mass is 31.2. The lowest BCUT2D eigenvalue weighted by molar-refractivity contribution is -0.161. The van der Waals surface area contributed by atoms with E-state index in [-0.39, 0.29) is 25.7 Å². The van der Waals surface area contributed by atoms with Crippen molar-refractivity contribution in [3.05, 3.63) is 0 Å². The number of esters is 4. The highest BCUT2D eigenvalue weighted by Gasteiger charge is 2.30. The van der Waals surface area contributed by atoms with Crippen molar-refractivity contribution >= 4 is 39.5 Å². The second kappa shape index (κ2) is 69.8. The summed E-state index contributed by atoms with van der Waals surface area (Å²) in [5.41, 5.74) is 0. The number of hydrogen-bond donors (Lipinski definition) is 3. The Hall–Kier alpha value is -1.94. The van der Waals surface area contributed by atoms with E-state index in [1.54, 1.807) is 0 Å². The molecule has 0 spiro atoms. The number of rotatable bonds is 77. The molecule has 0 aromatic heterocycles. The molecule has 0 aliphatic heterocycles. The van der Waals surface area contributed by atoms with Crippen molar-refractivity contribution in [1.29, 1.82) is 0 Å². The third-order valence-electron chi connectivity index (χ3n) is 18.6. The Bertz CT molecular complexity index is 1870. The van der Waals surface area contributed by atoms with E-state index in [9.17, 15) is 43.2 Å². The smallest absolute Gasteiger partial charge is 0.462 e. The monoisotopic (exact) mass is 1420 g/mol. The maximum atomic E-state index is 13.1. The van der Waals surface area contributed by atoms with Crippen LogP contribution in [-0.4, -0.2) is 96.7 Å². The van der Waals surface area contributed by atoms with Crippen molar-refractivity contribution in [2.45, 2.75) is 426 Å². The Morgan fingerprint density at radius 1 is 0.299 bits per heavy atom. The van der Waals surface area contributed by atoms with Crippen LogP contribution in [0.25, 0.3) is 0 Å². The Morgan fingerprint density at radius 3 is 0.784 bits per heavy atom. The first-order chi connectivity index (χ1) is 46.9. The highest BCUT2D eigenvalue weighted by molar-refractivity contribution is 7.47. The van der Waals surface area contributed by atoms with Crippen LogP contribution >= 0.6 is 15.6 Å². The quantitative estimate of drug-likeness (QED) is 0.0222. The van der Waals surface area contributed by atoms with Crippen LogP contribution < -0.4 is 0 Å². The largest absolute Gasteiger partial charge is 0.472 e. The molecule has 576 valence electrons. The fourth-order valence-electron chi connectivity index (χ4n) is 12.0. The van der Waals surface area contributed by atoms with E-state index in [0.717, 1.165) is 102 Å². The topological polar surface area (TPSA) is 237 Å². The molecule has 19 heteroatoms. The number of phosphoric ester groups is 2. The van der Waals surface area contributed by atoms with Crippen LogP contribution in [0, 0.1) is 11.8 Å². The highest BCUT2D eigenvalue weighted by Crippen LogP contribution is 2.45. The minimum absolute atomic E-state index is 0.108. The molecule has 0 saturated heterocycles. The van der Waals surface area contributed by atoms with E-state index in [1.165, 1.54) is 225 Å². The zero-order valence-electron chi connectivity index (χ0n) is 63.4. The molecule has 17 nitrogen and oxygen atoms in total. The Labute approximate surface area is 594 Å². The average molecular weight is 1420 g/mol. The predicted octanol–water partition coefficient (Wildman–Crippen LogP) is 23.1. The Morgan fingerprint density at radius 2 is 0.526 bits per heavy atom. The summed E-state index contributed by atoms with van der Waals surface area (Å²) in [5.74, 6) is -0.546. The molecule has 0 aliphatic rings. The van der Waals surface area contributed by atoms with Gasteiger partial charge in [0.25, 0.3) is 0 Å². The van der Waals surface area contributed by atoms with E-state index < -0.39 is 97.5 Å². The Kier molecular flexibility index (Phi) is 68.4. The number of hydrogen-bond acceptors (Lipinski definition) is 15. The van der Waals surface area contributed by atoms with Gasteiger partial charge in [0.2, 0.25) is 0 Å². The summed E-state index contributed by atoms with van der Waals surface area (Å²) >= 11 is 0. The lowest BCUT2D eigenvalue weighted by Crippen LogP contribution is -2.30. The van der Waals surface area contributed by atoms with Gasteiger partial charge in [-0.25, -0.2) is 9.13 Å². The van der Waals surface area contributed by atoms with Gasteiger partial charge in [-0.15, -0.1) is 0 Å². The lowest BCUT2D eigenvalue weighted by Gasteiger charge is -2.21. The predicted molar refractivity (Wildman–Crippen MR) is 395 cm³/mol. The molecule has 0 radical (unpaired) electrons. The molecule has 0 fully saturated rings. The van der Waals surface area contributed by atoms with Crippen molar-refractivity contribution in [1.82, 2.24) is 0 Å². The van der Waals surface area contributed by atoms with Crippen molar-refractivity contribution in [2.24, 2.45) is 11.8 Å². The van der Waals surface area contributed by atoms with Gasteiger partial charge in [-0.3, -0.25) is 37.3 Å². The molecule has 3 N–H and O–H groups in total. The maximum absolute atomic E-state index is 13.1. The number of aliphatic hydroxyl groups excluding tert-OH is 1. The molecule has 0 heterocycles. The standard InChI is InChI=1S/C78H152O17P2/c1-7-10-12-14-16-18-20-22-24-28-31-35-42-48-54-60-75(80)88-66-73(94-78(83)63-57-51-45-37-33-29-25-26-30-34-40-46-52-58-70(4)5)68-92-96(84,85)90-64-72(79)65-91-97(86,87)93-69-74(67-89-76(81)61-55-49-43-39-38-41-47-53-59-71(6)9-3)95-77(82)62-56-50-44-36-32-27-23-21-19-17-15-13-11-8-2/h70-74,79H,7-69H2,1-6H3,(H,84,85)(H,86,87)/t71?,72-,73-,74-/m1/s1. The first-order valence-electron chi connectivity index (χ1n) is 40.5. The molecule has 97 heavy (non-hydrogen) atoms. The van der Waals surface area contributed by atoms with Gasteiger partial charge in [0, 0.05) is 25.7 Å². The molecule has 0 aromatic carbocycles. The van der Waals surface area contributed by atoms with Gasteiger partial charge in [-0.05, 0) is 37.5 Å². The van der Waals surface area contributed by atoms with Crippen LogP contribution in [0.5, 0.6) is 0 Å². The summed E-state index contributed by atoms with van der Waals surface area (Å²) in [4.78, 5) is 73.0. The zero-order chi connectivity index (χ0) is 71.4. The first-order valence-corrected chi connectivity index (χ1v) is 43.5. The second-order valence-corrected chi connectivity index (χ2v) is 31.7. The maximum Gasteiger partial charge on any atom is 0.472 e. The van der Waals surface area contributed by atoms with Gasteiger partial charge in [0.05, 0.1) is 26.4 Å². The van der Waals surface area contributed by atoms with E-state index in [4.69, 9.17) is 37.0 Å². The summed E-state index contributed by atoms with van der Waals surface area (Å²) in [7, 11) is -9.92. The molecule has 0 amide bonds. The van der Waals surface area contributed by atoms with Crippen molar-refractivity contribution in [3.63, 3.8) is 0 Å². The normalized spacial score (nSPS) is 14.2. The van der Waals surface area contributed by atoms with Crippen LogP contribution in [0.1, 0.15) is 408 Å². The summed E-state index contributed by atoms with van der Waals surface area (Å²) in [6, 6.07) is 0. The Balaban J connectivity index is 5.27. The number of aliphatic hydroxyl groups is 1. The van der Waals surface area contributed by atoms with Crippen LogP contribution in [0.4, 0.5) is 0 Å². The SMILES string of the molecule is CCCCCCCCCCCCCCCCCC(=O)OC[C@H](COP(=O)(O)OC[C@@H](O)COP(=O)(O)OC[C@@H](COC(=O)CCCCCCCCCCC(C)CC)OC(=O)CCCCCCCCCCCCCCCC)OC(=O)CCCCCCCCCCCCCCCC(C)C. The van der Waals surface area contributed by atoms with Gasteiger partial charge >= 0.3 is 39.5 Å². The molecule has 0 rings (SSSR count). The number of phosphoric acid groups is 2. The summed E-state index contributed by atoms with van der Waals surface area (Å²) in [6.07, 6.45) is 58.0. The third kappa shape index (κ3) is 70.9. The van der Waals surface area contributed by atoms with Gasteiger partial charge in [-0.2, -0.15) is 0 Å². The van der Waals surface area contributed by atoms with Crippen LogP contribution in [0.2, 0.25) is 0 Å². The lowest BCUT2D eigenvalue weighted by atomic mass is 9.99. The average Bonchev–Trinajstić information content (AvgIpc) is 3.70. The molecule has 6 atom stereocenters. The van der Waals surface area contributed by atoms with E-state index >= 15 is 0 Å².